The van der Waals surface area contributed by atoms with E-state index < -0.39 is 24.3 Å². The Labute approximate surface area is 201 Å². The lowest BCUT2D eigenvalue weighted by molar-refractivity contribution is -0.152. The predicted octanol–water partition coefficient (Wildman–Crippen LogP) is 3.96. The van der Waals surface area contributed by atoms with Crippen LogP contribution in [0.5, 0.6) is 5.75 Å². The highest BCUT2D eigenvalue weighted by Gasteiger charge is 2.31. The molecule has 10 heteroatoms. The smallest absolute Gasteiger partial charge is 0.416 e. The third kappa shape index (κ3) is 7.46. The van der Waals surface area contributed by atoms with E-state index in [1.54, 1.807) is 35.2 Å². The Morgan fingerprint density at radius 2 is 1.63 bits per heavy atom. The van der Waals surface area contributed by atoms with Crippen LogP contribution < -0.4 is 9.64 Å². The number of carbonyl (C=O) groups is 3. The van der Waals surface area contributed by atoms with E-state index >= 15 is 0 Å². The summed E-state index contributed by atoms with van der Waals surface area (Å²) in [5, 5.41) is 0. The van der Waals surface area contributed by atoms with E-state index in [1.165, 1.54) is 11.0 Å². The number of anilines is 1. The lowest BCUT2D eigenvalue weighted by atomic mass is 10.1. The molecule has 2 aromatic carbocycles. The Morgan fingerprint density at radius 1 is 0.943 bits per heavy atom. The van der Waals surface area contributed by atoms with E-state index in [9.17, 15) is 27.6 Å². The summed E-state index contributed by atoms with van der Waals surface area (Å²) in [4.78, 5) is 39.9. The van der Waals surface area contributed by atoms with Crippen molar-refractivity contribution in [3.63, 3.8) is 0 Å². The Balaban J connectivity index is 1.39. The SMILES string of the molecule is CCOc1ccc(C(=O)CCC(=O)OCC(=O)N2CCN(c3cccc(C(F)(F)F)c3)CC2)cc1. The fourth-order valence-electron chi connectivity index (χ4n) is 3.66. The molecule has 188 valence electrons. The Hall–Kier alpha value is -3.56. The van der Waals surface area contributed by atoms with Crippen LogP contribution in [0.1, 0.15) is 35.7 Å². The molecule has 1 fully saturated rings. The molecule has 1 saturated heterocycles. The summed E-state index contributed by atoms with van der Waals surface area (Å²) in [5.74, 6) is -0.611. The van der Waals surface area contributed by atoms with Crippen molar-refractivity contribution in [3.05, 3.63) is 59.7 Å². The zero-order chi connectivity index (χ0) is 25.4. The summed E-state index contributed by atoms with van der Waals surface area (Å²) in [6.45, 7) is 3.24. The lowest BCUT2D eigenvalue weighted by Crippen LogP contribution is -2.50. The van der Waals surface area contributed by atoms with Gasteiger partial charge in [0, 0.05) is 43.9 Å². The molecule has 0 saturated carbocycles. The van der Waals surface area contributed by atoms with Crippen molar-refractivity contribution >= 4 is 23.3 Å². The molecular weight excluding hydrogens is 465 g/mol. The number of benzene rings is 2. The molecule has 2 aromatic rings. The lowest BCUT2D eigenvalue weighted by Gasteiger charge is -2.36. The molecule has 1 amide bonds. The summed E-state index contributed by atoms with van der Waals surface area (Å²) in [5.41, 5.74) is 0.174. The maximum absolute atomic E-state index is 12.9. The molecule has 1 heterocycles. The van der Waals surface area contributed by atoms with Crippen molar-refractivity contribution in [3.8, 4) is 5.75 Å². The van der Waals surface area contributed by atoms with Gasteiger partial charge in [-0.25, -0.2) is 0 Å². The van der Waals surface area contributed by atoms with Gasteiger partial charge in [0.2, 0.25) is 0 Å². The second-order valence-corrected chi connectivity index (χ2v) is 7.96. The van der Waals surface area contributed by atoms with Crippen LogP contribution in [0, 0.1) is 0 Å². The summed E-state index contributed by atoms with van der Waals surface area (Å²) >= 11 is 0. The molecule has 1 aliphatic heterocycles. The predicted molar refractivity (Wildman–Crippen MR) is 122 cm³/mol. The zero-order valence-electron chi connectivity index (χ0n) is 19.3. The highest BCUT2D eigenvalue weighted by Crippen LogP contribution is 2.31. The molecule has 0 aromatic heterocycles. The first-order valence-corrected chi connectivity index (χ1v) is 11.3. The molecule has 0 atom stereocenters. The van der Waals surface area contributed by atoms with Gasteiger partial charge in [-0.15, -0.1) is 0 Å². The highest BCUT2D eigenvalue weighted by molar-refractivity contribution is 5.97. The van der Waals surface area contributed by atoms with Gasteiger partial charge in [0.05, 0.1) is 18.6 Å². The minimum atomic E-state index is -4.42. The van der Waals surface area contributed by atoms with Gasteiger partial charge in [-0.05, 0) is 49.4 Å². The number of hydrogen-bond donors (Lipinski definition) is 0. The van der Waals surface area contributed by atoms with Crippen LogP contribution in [-0.2, 0) is 20.5 Å². The fourth-order valence-corrected chi connectivity index (χ4v) is 3.66. The van der Waals surface area contributed by atoms with Crippen LogP contribution in [0.4, 0.5) is 18.9 Å². The Kier molecular flexibility index (Phi) is 8.73. The number of esters is 1. The second kappa shape index (κ2) is 11.7. The number of piperazine rings is 1. The first-order valence-electron chi connectivity index (χ1n) is 11.3. The maximum Gasteiger partial charge on any atom is 0.416 e. The number of ether oxygens (including phenoxy) is 2. The number of ketones is 1. The first kappa shape index (κ1) is 26.1. The van der Waals surface area contributed by atoms with Gasteiger partial charge in [0.15, 0.2) is 12.4 Å². The van der Waals surface area contributed by atoms with E-state index in [1.807, 2.05) is 6.92 Å². The summed E-state index contributed by atoms with van der Waals surface area (Å²) < 4.78 is 49.2. The van der Waals surface area contributed by atoms with Gasteiger partial charge in [0.25, 0.3) is 5.91 Å². The van der Waals surface area contributed by atoms with Gasteiger partial charge in [-0.1, -0.05) is 6.07 Å². The molecule has 35 heavy (non-hydrogen) atoms. The standard InChI is InChI=1S/C25H27F3N2O5/c1-2-34-21-8-6-18(7-9-21)22(31)10-11-24(33)35-17-23(32)30-14-12-29(13-15-30)20-5-3-4-19(16-20)25(26,27)28/h3-9,16H,2,10-15,17H2,1H3. The van der Waals surface area contributed by atoms with E-state index in [0.29, 0.717) is 49.8 Å². The molecule has 1 aliphatic rings. The zero-order valence-corrected chi connectivity index (χ0v) is 19.3. The first-order chi connectivity index (χ1) is 16.7. The molecule has 0 spiro atoms. The van der Waals surface area contributed by atoms with Crippen molar-refractivity contribution in [1.29, 1.82) is 0 Å². The monoisotopic (exact) mass is 492 g/mol. The highest BCUT2D eigenvalue weighted by atomic mass is 19.4. The number of halogens is 3. The van der Waals surface area contributed by atoms with Crippen LogP contribution in [0.15, 0.2) is 48.5 Å². The van der Waals surface area contributed by atoms with Gasteiger partial charge in [0.1, 0.15) is 5.75 Å². The van der Waals surface area contributed by atoms with E-state index in [4.69, 9.17) is 9.47 Å². The summed E-state index contributed by atoms with van der Waals surface area (Å²) in [7, 11) is 0. The molecule has 7 nitrogen and oxygen atoms in total. The number of carbonyl (C=O) groups excluding carboxylic acids is 3. The molecular formula is C25H27F3N2O5. The number of amides is 1. The topological polar surface area (TPSA) is 76.2 Å². The van der Waals surface area contributed by atoms with Crippen molar-refractivity contribution < 1.29 is 37.0 Å². The number of Topliss-reactive ketones (excluding diaryl/α,β-unsaturated/α-hetero) is 1. The minimum absolute atomic E-state index is 0.0450. The summed E-state index contributed by atoms with van der Waals surface area (Å²) in [6, 6.07) is 11.7. The summed E-state index contributed by atoms with van der Waals surface area (Å²) in [6.07, 6.45) is -4.62. The molecule has 0 unspecified atom stereocenters. The van der Waals surface area contributed by atoms with E-state index in [-0.39, 0.29) is 24.5 Å². The average molecular weight is 492 g/mol. The van der Waals surface area contributed by atoms with E-state index in [0.717, 1.165) is 12.1 Å². The third-order valence-electron chi connectivity index (χ3n) is 5.57. The number of alkyl halides is 3. The van der Waals surface area contributed by atoms with Gasteiger partial charge in [-0.3, -0.25) is 14.4 Å². The maximum atomic E-state index is 12.9. The molecule has 0 N–H and O–H groups in total. The quantitative estimate of drug-likeness (QED) is 0.390. The third-order valence-corrected chi connectivity index (χ3v) is 5.57. The molecule has 3 rings (SSSR count). The largest absolute Gasteiger partial charge is 0.494 e. The minimum Gasteiger partial charge on any atom is -0.494 e. The van der Waals surface area contributed by atoms with Crippen LogP contribution in [0.25, 0.3) is 0 Å². The van der Waals surface area contributed by atoms with Crippen molar-refractivity contribution in [2.45, 2.75) is 25.9 Å². The normalized spacial score (nSPS) is 13.9. The van der Waals surface area contributed by atoms with Gasteiger partial charge < -0.3 is 19.3 Å². The number of hydrogen-bond acceptors (Lipinski definition) is 6. The Morgan fingerprint density at radius 3 is 2.26 bits per heavy atom. The van der Waals surface area contributed by atoms with Crippen molar-refractivity contribution in [1.82, 2.24) is 4.90 Å². The van der Waals surface area contributed by atoms with Gasteiger partial charge >= 0.3 is 12.1 Å². The van der Waals surface area contributed by atoms with Crippen molar-refractivity contribution in [2.24, 2.45) is 0 Å². The molecule has 0 bridgehead atoms. The van der Waals surface area contributed by atoms with Crippen LogP contribution in [-0.4, -0.2) is 62.0 Å². The average Bonchev–Trinajstić information content (AvgIpc) is 2.86. The van der Waals surface area contributed by atoms with Crippen LogP contribution in [0.2, 0.25) is 0 Å². The molecule has 0 radical (unpaired) electrons. The Bertz CT molecular complexity index is 1030. The fraction of sp³-hybridized carbons (Fsp3) is 0.400. The number of nitrogens with zero attached hydrogens (tertiary/aromatic N) is 2. The second-order valence-electron chi connectivity index (χ2n) is 7.96. The van der Waals surface area contributed by atoms with E-state index in [2.05, 4.69) is 0 Å². The van der Waals surface area contributed by atoms with Crippen LogP contribution in [0.3, 0.4) is 0 Å². The molecule has 0 aliphatic carbocycles. The number of rotatable bonds is 9. The van der Waals surface area contributed by atoms with Crippen molar-refractivity contribution in [2.75, 3.05) is 44.3 Å². The van der Waals surface area contributed by atoms with Gasteiger partial charge in [-0.2, -0.15) is 13.2 Å². The van der Waals surface area contributed by atoms with Crippen LogP contribution >= 0.6 is 0 Å².